The van der Waals surface area contributed by atoms with Crippen molar-refractivity contribution in [2.24, 2.45) is 0 Å². The first-order chi connectivity index (χ1) is 11.7. The first kappa shape index (κ1) is 14.2. The zero-order valence-electron chi connectivity index (χ0n) is 14.3. The number of hydrogen-bond donors (Lipinski definition) is 0. The van der Waals surface area contributed by atoms with Gasteiger partial charge in [0, 0.05) is 43.8 Å². The van der Waals surface area contributed by atoms with Gasteiger partial charge in [0.15, 0.2) is 12.2 Å². The number of aromatic nitrogens is 1. The minimum absolute atomic E-state index is 0.462. The van der Waals surface area contributed by atoms with Gasteiger partial charge in [-0.2, -0.15) is 4.57 Å². The number of aryl methyl sites for hydroxylation is 2. The van der Waals surface area contributed by atoms with Gasteiger partial charge in [-0.1, -0.05) is 37.3 Å². The zero-order valence-corrected chi connectivity index (χ0v) is 15.1. The fourth-order valence-corrected chi connectivity index (χ4v) is 5.41. The normalized spacial score (nSPS) is 15.9. The van der Waals surface area contributed by atoms with Crippen LogP contribution in [0.4, 0.5) is 0 Å². The van der Waals surface area contributed by atoms with E-state index in [1.165, 1.54) is 48.1 Å². The minimum atomic E-state index is 0.462. The molecule has 4 aromatic rings. The fourth-order valence-electron chi connectivity index (χ4n) is 4.15. The van der Waals surface area contributed by atoms with Gasteiger partial charge in [-0.15, -0.1) is 11.3 Å². The Kier molecular flexibility index (Phi) is 2.90. The van der Waals surface area contributed by atoms with E-state index in [4.69, 9.17) is 0 Å². The molecular formula is C22H20NS+. The molecule has 2 heteroatoms. The molecule has 1 aliphatic rings. The Bertz CT molecular complexity index is 1120. The molecule has 1 aliphatic heterocycles. The van der Waals surface area contributed by atoms with E-state index in [1.807, 2.05) is 11.3 Å². The Morgan fingerprint density at radius 3 is 2.67 bits per heavy atom. The molecule has 0 amide bonds. The molecule has 0 fully saturated rings. The molecular weight excluding hydrogens is 310 g/mol. The number of rotatable bonds is 1. The quantitative estimate of drug-likeness (QED) is 0.380. The van der Waals surface area contributed by atoms with Crippen LogP contribution < -0.4 is 4.57 Å². The third-order valence-corrected chi connectivity index (χ3v) is 6.71. The van der Waals surface area contributed by atoms with Crippen LogP contribution >= 0.6 is 11.3 Å². The van der Waals surface area contributed by atoms with Gasteiger partial charge in [0.1, 0.15) is 0 Å². The lowest BCUT2D eigenvalue weighted by Crippen LogP contribution is -2.37. The van der Waals surface area contributed by atoms with E-state index >= 15 is 0 Å². The second-order valence-corrected chi connectivity index (χ2v) is 7.91. The van der Waals surface area contributed by atoms with Crippen LogP contribution in [0.3, 0.4) is 0 Å². The molecule has 24 heavy (non-hydrogen) atoms. The molecule has 1 atom stereocenters. The molecule has 0 bridgehead atoms. The van der Waals surface area contributed by atoms with E-state index in [0.29, 0.717) is 6.04 Å². The van der Waals surface area contributed by atoms with Gasteiger partial charge in [0.2, 0.25) is 5.69 Å². The van der Waals surface area contributed by atoms with Crippen molar-refractivity contribution in [3.05, 3.63) is 65.4 Å². The fraction of sp³-hybridized carbons (Fsp3) is 0.227. The van der Waals surface area contributed by atoms with Crippen molar-refractivity contribution in [2.75, 3.05) is 0 Å². The van der Waals surface area contributed by atoms with Crippen molar-refractivity contribution in [3.63, 3.8) is 0 Å². The summed E-state index contributed by atoms with van der Waals surface area (Å²) in [6, 6.07) is 16.3. The van der Waals surface area contributed by atoms with E-state index in [1.54, 1.807) is 0 Å². The topological polar surface area (TPSA) is 3.88 Å². The van der Waals surface area contributed by atoms with Crippen molar-refractivity contribution < 1.29 is 4.57 Å². The number of thiophene rings is 1. The second-order valence-electron chi connectivity index (χ2n) is 6.86. The third-order valence-electron chi connectivity index (χ3n) is 5.50. The van der Waals surface area contributed by atoms with Gasteiger partial charge in [-0.25, -0.2) is 0 Å². The van der Waals surface area contributed by atoms with Gasteiger partial charge in [0.05, 0.1) is 5.56 Å². The molecule has 3 heterocycles. The Morgan fingerprint density at radius 2 is 1.83 bits per heavy atom. The summed E-state index contributed by atoms with van der Waals surface area (Å²) in [4.78, 5) is 0. The molecule has 2 aromatic heterocycles. The molecule has 0 saturated heterocycles. The van der Waals surface area contributed by atoms with Gasteiger partial charge < -0.3 is 0 Å². The number of pyridine rings is 1. The van der Waals surface area contributed by atoms with Crippen LogP contribution in [0, 0.1) is 13.8 Å². The Labute approximate surface area is 146 Å². The average molecular weight is 330 g/mol. The molecule has 118 valence electrons. The monoisotopic (exact) mass is 330 g/mol. The maximum Gasteiger partial charge on any atom is 0.215 e. The largest absolute Gasteiger partial charge is 0.215 e. The first-order valence-corrected chi connectivity index (χ1v) is 9.47. The lowest BCUT2D eigenvalue weighted by atomic mass is 9.98. The van der Waals surface area contributed by atoms with Crippen molar-refractivity contribution >= 4 is 31.5 Å². The summed E-state index contributed by atoms with van der Waals surface area (Å²) in [5.74, 6) is 0. The number of fused-ring (bicyclic) bond motifs is 7. The highest BCUT2D eigenvalue weighted by molar-refractivity contribution is 7.26. The highest BCUT2D eigenvalue weighted by Gasteiger charge is 2.37. The number of nitrogens with zero attached hydrogens (tertiary/aromatic N) is 1. The van der Waals surface area contributed by atoms with Crippen molar-refractivity contribution in [3.8, 4) is 11.3 Å². The minimum Gasteiger partial charge on any atom is -0.191 e. The van der Waals surface area contributed by atoms with Gasteiger partial charge in [-0.05, 0) is 25.5 Å². The van der Waals surface area contributed by atoms with Crippen molar-refractivity contribution in [1.29, 1.82) is 0 Å². The van der Waals surface area contributed by atoms with E-state index in [9.17, 15) is 0 Å². The van der Waals surface area contributed by atoms with E-state index < -0.39 is 0 Å². The molecule has 1 unspecified atom stereocenters. The molecule has 0 aliphatic carbocycles. The Hall–Kier alpha value is -2.19. The molecule has 0 saturated carbocycles. The van der Waals surface area contributed by atoms with Gasteiger partial charge in [0.25, 0.3) is 0 Å². The smallest absolute Gasteiger partial charge is 0.191 e. The summed E-state index contributed by atoms with van der Waals surface area (Å²) >= 11 is 1.94. The zero-order chi connectivity index (χ0) is 16.4. The SMILES string of the molecule is CCC1c2ccc3c(sc4ccccc43)c2-c2cc(C)c(C)c[n+]21. The summed E-state index contributed by atoms with van der Waals surface area (Å²) in [7, 11) is 0. The first-order valence-electron chi connectivity index (χ1n) is 8.66. The predicted octanol–water partition coefficient (Wildman–Crippen LogP) is 5.94. The Balaban J connectivity index is 1.95. The van der Waals surface area contributed by atoms with Crippen molar-refractivity contribution in [1.82, 2.24) is 0 Å². The van der Waals surface area contributed by atoms with Crippen LogP contribution in [-0.4, -0.2) is 0 Å². The van der Waals surface area contributed by atoms with E-state index in [0.717, 1.165) is 6.42 Å². The Morgan fingerprint density at radius 1 is 1.00 bits per heavy atom. The number of hydrogen-bond acceptors (Lipinski definition) is 1. The maximum atomic E-state index is 2.50. The summed E-state index contributed by atoms with van der Waals surface area (Å²) in [6.07, 6.45) is 3.47. The summed E-state index contributed by atoms with van der Waals surface area (Å²) < 4.78 is 5.33. The van der Waals surface area contributed by atoms with Gasteiger partial charge in [-0.3, -0.25) is 0 Å². The molecule has 0 radical (unpaired) electrons. The highest BCUT2D eigenvalue weighted by atomic mass is 32.1. The second kappa shape index (κ2) is 4.90. The van der Waals surface area contributed by atoms with Crippen LogP contribution in [-0.2, 0) is 0 Å². The predicted molar refractivity (Wildman–Crippen MR) is 103 cm³/mol. The van der Waals surface area contributed by atoms with Crippen LogP contribution in [0.2, 0.25) is 0 Å². The molecule has 2 aromatic carbocycles. The lowest BCUT2D eigenvalue weighted by Gasteiger charge is -2.06. The highest BCUT2D eigenvalue weighted by Crippen LogP contribution is 2.45. The van der Waals surface area contributed by atoms with Gasteiger partial charge >= 0.3 is 0 Å². The summed E-state index contributed by atoms with van der Waals surface area (Å²) in [5, 5.41) is 2.78. The standard InChI is InChI=1S/C22H20NS/c1-4-18-17-10-9-16-15-7-5-6-8-20(15)24-22(16)21(17)19-11-13(2)14(3)12-23(18)19/h5-12,18H,4H2,1-3H3/q+1. The van der Waals surface area contributed by atoms with Crippen LogP contribution in [0.25, 0.3) is 31.4 Å². The van der Waals surface area contributed by atoms with Crippen LogP contribution in [0.15, 0.2) is 48.7 Å². The lowest BCUT2D eigenvalue weighted by molar-refractivity contribution is -0.698. The molecule has 1 nitrogen and oxygen atoms in total. The molecule has 0 N–H and O–H groups in total. The summed E-state index contributed by atoms with van der Waals surface area (Å²) in [5.41, 5.74) is 7.09. The van der Waals surface area contributed by atoms with Crippen molar-refractivity contribution in [2.45, 2.75) is 33.2 Å². The summed E-state index contributed by atoms with van der Waals surface area (Å²) in [6.45, 7) is 6.73. The number of benzene rings is 2. The average Bonchev–Trinajstić information content (AvgIpc) is 3.10. The van der Waals surface area contributed by atoms with Crippen LogP contribution in [0.1, 0.15) is 36.1 Å². The van der Waals surface area contributed by atoms with E-state index in [2.05, 4.69) is 74.0 Å². The maximum absolute atomic E-state index is 2.50. The third kappa shape index (κ3) is 1.72. The van der Waals surface area contributed by atoms with Crippen LogP contribution in [0.5, 0.6) is 0 Å². The van der Waals surface area contributed by atoms with E-state index in [-0.39, 0.29) is 0 Å². The molecule has 0 spiro atoms. The molecule has 5 rings (SSSR count).